The van der Waals surface area contributed by atoms with Gasteiger partial charge in [0.15, 0.2) is 11.5 Å². The van der Waals surface area contributed by atoms with Crippen molar-refractivity contribution in [2.45, 2.75) is 38.9 Å². The molecule has 1 saturated heterocycles. The molecule has 6 heteroatoms. The second-order valence-electron chi connectivity index (χ2n) is 8.85. The van der Waals surface area contributed by atoms with Crippen molar-refractivity contribution in [2.75, 3.05) is 0 Å². The smallest absolute Gasteiger partial charge is 0.399 e. The molecular weight excluding hydrogens is 385 g/mol. The van der Waals surface area contributed by atoms with Crippen molar-refractivity contribution in [3.05, 3.63) is 72.9 Å². The summed E-state index contributed by atoms with van der Waals surface area (Å²) in [5, 5.41) is 0.936. The van der Waals surface area contributed by atoms with Gasteiger partial charge < -0.3 is 9.31 Å². The molecule has 5 rings (SSSR count). The first kappa shape index (κ1) is 19.9. The van der Waals surface area contributed by atoms with Crippen LogP contribution < -0.4 is 5.46 Å². The zero-order valence-electron chi connectivity index (χ0n) is 18.2. The lowest BCUT2D eigenvalue weighted by Crippen LogP contribution is -2.41. The third-order valence-electron chi connectivity index (χ3n) is 6.21. The van der Waals surface area contributed by atoms with E-state index in [9.17, 15) is 0 Å². The maximum atomic E-state index is 6.17. The second kappa shape index (κ2) is 7.25. The molecule has 0 atom stereocenters. The van der Waals surface area contributed by atoms with Gasteiger partial charge in [-0.1, -0.05) is 54.6 Å². The Hall–Kier alpha value is -3.09. The van der Waals surface area contributed by atoms with Gasteiger partial charge in [0.2, 0.25) is 0 Å². The average Bonchev–Trinajstić information content (AvgIpc) is 3.00. The van der Waals surface area contributed by atoms with Crippen LogP contribution in [-0.4, -0.2) is 33.3 Å². The van der Waals surface area contributed by atoms with Crippen molar-refractivity contribution in [1.82, 2.24) is 15.0 Å². The van der Waals surface area contributed by atoms with E-state index in [1.807, 2.05) is 54.6 Å². The highest BCUT2D eigenvalue weighted by Gasteiger charge is 2.51. The Balaban J connectivity index is 1.53. The number of hydrogen-bond acceptors (Lipinski definition) is 5. The van der Waals surface area contributed by atoms with Crippen LogP contribution in [-0.2, 0) is 9.31 Å². The first-order chi connectivity index (χ1) is 14.8. The van der Waals surface area contributed by atoms with Crippen LogP contribution in [0.3, 0.4) is 0 Å². The maximum absolute atomic E-state index is 6.17. The molecule has 0 radical (unpaired) electrons. The van der Waals surface area contributed by atoms with Crippen LogP contribution in [0.5, 0.6) is 0 Å². The molecule has 31 heavy (non-hydrogen) atoms. The summed E-state index contributed by atoms with van der Waals surface area (Å²) in [5.41, 5.74) is 3.76. The predicted octanol–water partition coefficient (Wildman–Crippen LogP) is 4.66. The van der Waals surface area contributed by atoms with E-state index in [-0.39, 0.29) is 11.2 Å². The van der Waals surface area contributed by atoms with Crippen LogP contribution in [0.1, 0.15) is 27.7 Å². The van der Waals surface area contributed by atoms with E-state index >= 15 is 0 Å². The fourth-order valence-electron chi connectivity index (χ4n) is 3.68. The number of pyridine rings is 1. The number of fused-ring (bicyclic) bond motifs is 1. The van der Waals surface area contributed by atoms with Crippen molar-refractivity contribution in [2.24, 2.45) is 0 Å². The summed E-state index contributed by atoms with van der Waals surface area (Å²) in [5.74, 6) is 0.644. The lowest BCUT2D eigenvalue weighted by atomic mass is 9.79. The summed E-state index contributed by atoms with van der Waals surface area (Å²) >= 11 is 0. The highest BCUT2D eigenvalue weighted by Crippen LogP contribution is 2.36. The van der Waals surface area contributed by atoms with E-state index in [1.54, 1.807) is 6.20 Å². The average molecular weight is 409 g/mol. The fraction of sp³-hybridized carbons (Fsp3) is 0.240. The molecule has 0 amide bonds. The lowest BCUT2D eigenvalue weighted by molar-refractivity contribution is 0.00578. The summed E-state index contributed by atoms with van der Waals surface area (Å²) in [4.78, 5) is 14.1. The maximum Gasteiger partial charge on any atom is 0.494 e. The fourth-order valence-corrected chi connectivity index (χ4v) is 3.68. The minimum absolute atomic E-state index is 0.367. The van der Waals surface area contributed by atoms with Gasteiger partial charge in [0.1, 0.15) is 0 Å². The van der Waals surface area contributed by atoms with Gasteiger partial charge in [0, 0.05) is 22.7 Å². The van der Waals surface area contributed by atoms with Crippen molar-refractivity contribution in [1.29, 1.82) is 0 Å². The first-order valence-corrected chi connectivity index (χ1v) is 10.5. The Labute approximate surface area is 182 Å². The molecule has 2 aromatic heterocycles. The zero-order valence-corrected chi connectivity index (χ0v) is 18.2. The van der Waals surface area contributed by atoms with Crippen LogP contribution in [0.25, 0.3) is 33.7 Å². The van der Waals surface area contributed by atoms with Crippen LogP contribution >= 0.6 is 0 Å². The molecule has 5 nitrogen and oxygen atoms in total. The molecule has 4 aromatic rings. The van der Waals surface area contributed by atoms with Crippen molar-refractivity contribution in [3.63, 3.8) is 0 Å². The third kappa shape index (κ3) is 3.52. The Morgan fingerprint density at radius 2 is 1.39 bits per heavy atom. The second-order valence-corrected chi connectivity index (χ2v) is 8.85. The van der Waals surface area contributed by atoms with Gasteiger partial charge in [-0.15, -0.1) is 0 Å². The zero-order chi connectivity index (χ0) is 21.6. The molecule has 0 saturated carbocycles. The number of hydrogen-bond donors (Lipinski definition) is 0. The summed E-state index contributed by atoms with van der Waals surface area (Å²) in [6.07, 6.45) is 1.76. The van der Waals surface area contributed by atoms with Crippen molar-refractivity contribution in [3.8, 4) is 22.6 Å². The molecule has 1 fully saturated rings. The van der Waals surface area contributed by atoms with E-state index in [0.29, 0.717) is 11.5 Å². The SMILES string of the molecule is CC1(C)OB(c2ccc(-c3nc(-c4ccccc4)c4cccnc4n3)cc2)OC1(C)C. The van der Waals surface area contributed by atoms with E-state index in [4.69, 9.17) is 19.3 Å². The van der Waals surface area contributed by atoms with E-state index in [2.05, 4.69) is 44.8 Å². The third-order valence-corrected chi connectivity index (χ3v) is 6.21. The van der Waals surface area contributed by atoms with Crippen LogP contribution in [0.4, 0.5) is 0 Å². The monoisotopic (exact) mass is 409 g/mol. The van der Waals surface area contributed by atoms with E-state index < -0.39 is 7.12 Å². The number of aromatic nitrogens is 3. The Morgan fingerprint density at radius 3 is 2.06 bits per heavy atom. The highest BCUT2D eigenvalue weighted by molar-refractivity contribution is 6.62. The molecule has 0 spiro atoms. The molecule has 3 heterocycles. The molecular formula is C25H24BN3O2. The van der Waals surface area contributed by atoms with Gasteiger partial charge in [-0.25, -0.2) is 15.0 Å². The Kier molecular flexibility index (Phi) is 4.65. The number of nitrogens with zero attached hydrogens (tertiary/aromatic N) is 3. The quantitative estimate of drug-likeness (QED) is 0.461. The molecule has 2 aromatic carbocycles. The Morgan fingerprint density at radius 1 is 0.710 bits per heavy atom. The van der Waals surface area contributed by atoms with Crippen molar-refractivity contribution >= 4 is 23.6 Å². The summed E-state index contributed by atoms with van der Waals surface area (Å²) < 4.78 is 12.3. The lowest BCUT2D eigenvalue weighted by Gasteiger charge is -2.32. The van der Waals surface area contributed by atoms with Gasteiger partial charge in [-0.05, 0) is 45.3 Å². The first-order valence-electron chi connectivity index (χ1n) is 10.5. The van der Waals surface area contributed by atoms with Gasteiger partial charge in [0.05, 0.1) is 16.9 Å². The minimum atomic E-state index is -0.391. The van der Waals surface area contributed by atoms with Gasteiger partial charge in [-0.2, -0.15) is 0 Å². The molecule has 154 valence electrons. The Bertz CT molecular complexity index is 1220. The number of rotatable bonds is 3. The molecule has 0 N–H and O–H groups in total. The number of benzene rings is 2. The topological polar surface area (TPSA) is 57.1 Å². The summed E-state index contributed by atoms with van der Waals surface area (Å²) in [6, 6.07) is 22.1. The normalized spacial score (nSPS) is 17.2. The minimum Gasteiger partial charge on any atom is -0.399 e. The van der Waals surface area contributed by atoms with Gasteiger partial charge in [0.25, 0.3) is 0 Å². The van der Waals surface area contributed by atoms with Crippen molar-refractivity contribution < 1.29 is 9.31 Å². The van der Waals surface area contributed by atoms with Gasteiger partial charge in [-0.3, -0.25) is 0 Å². The van der Waals surface area contributed by atoms with Gasteiger partial charge >= 0.3 is 7.12 Å². The van der Waals surface area contributed by atoms with E-state index in [1.165, 1.54) is 0 Å². The molecule has 0 unspecified atom stereocenters. The van der Waals surface area contributed by atoms with Crippen LogP contribution in [0.2, 0.25) is 0 Å². The van der Waals surface area contributed by atoms with Crippen LogP contribution in [0, 0.1) is 0 Å². The summed E-state index contributed by atoms with van der Waals surface area (Å²) in [6.45, 7) is 8.23. The molecule has 0 aliphatic carbocycles. The standard InChI is InChI=1S/C25H24BN3O2/c1-24(2)25(3,4)31-26(30-24)19-14-12-18(13-15-19)22-28-21(17-9-6-5-7-10-17)20-11-8-16-27-23(20)29-22/h5-16H,1-4H3. The van der Waals surface area contributed by atoms with Crippen LogP contribution in [0.15, 0.2) is 72.9 Å². The largest absolute Gasteiger partial charge is 0.494 e. The van der Waals surface area contributed by atoms with E-state index in [0.717, 1.165) is 27.7 Å². The predicted molar refractivity (Wildman–Crippen MR) is 124 cm³/mol. The molecule has 1 aliphatic rings. The summed E-state index contributed by atoms with van der Waals surface area (Å²) in [7, 11) is -0.391. The molecule has 1 aliphatic heterocycles. The highest BCUT2D eigenvalue weighted by atomic mass is 16.7. The molecule has 0 bridgehead atoms.